The molecule has 3 aliphatic heterocycles. The molecule has 2 aromatic rings. The Bertz CT molecular complexity index is 1110. The number of hydrogen-bond donors (Lipinski definition) is 2. The Balaban J connectivity index is 1.40. The maximum absolute atomic E-state index is 13.5. The summed E-state index contributed by atoms with van der Waals surface area (Å²) in [4.78, 5) is 26.3. The van der Waals surface area contributed by atoms with Crippen molar-refractivity contribution in [1.29, 1.82) is 0 Å². The van der Waals surface area contributed by atoms with Crippen LogP contribution in [0.4, 0.5) is 0 Å². The Kier molecular flexibility index (Phi) is 5.64. The highest BCUT2D eigenvalue weighted by Gasteiger charge is 2.52. The molecule has 0 bridgehead atoms. The van der Waals surface area contributed by atoms with Gasteiger partial charge in [0.05, 0.1) is 18.2 Å². The van der Waals surface area contributed by atoms with Crippen LogP contribution in [-0.2, 0) is 9.53 Å². The van der Waals surface area contributed by atoms with E-state index in [9.17, 15) is 14.7 Å². The van der Waals surface area contributed by atoms with Crippen LogP contribution in [0, 0.1) is 5.92 Å². The highest BCUT2D eigenvalue weighted by molar-refractivity contribution is 5.95. The second-order valence-electron chi connectivity index (χ2n) is 9.78. The second kappa shape index (κ2) is 8.51. The predicted octanol–water partition coefficient (Wildman–Crippen LogP) is 3.78. The van der Waals surface area contributed by atoms with Crippen LogP contribution in [0.15, 0.2) is 42.5 Å². The molecule has 180 valence electrons. The number of amides is 1. The molecule has 0 saturated carbocycles. The summed E-state index contributed by atoms with van der Waals surface area (Å²) in [6.45, 7) is 4.23. The largest absolute Gasteiger partial charge is 0.508 e. The van der Waals surface area contributed by atoms with Crippen LogP contribution in [0.25, 0.3) is 0 Å². The molecule has 0 aliphatic carbocycles. The number of phenols is 1. The Morgan fingerprint density at radius 2 is 2.03 bits per heavy atom. The molecule has 2 N–H and O–H groups in total. The van der Waals surface area contributed by atoms with E-state index in [4.69, 9.17) is 19.3 Å². The van der Waals surface area contributed by atoms with Gasteiger partial charge in [-0.05, 0) is 63.4 Å². The fourth-order valence-corrected chi connectivity index (χ4v) is 5.55. The molecule has 2 fully saturated rings. The summed E-state index contributed by atoms with van der Waals surface area (Å²) in [6.07, 6.45) is 2.18. The third kappa shape index (κ3) is 4.07. The van der Waals surface area contributed by atoms with Gasteiger partial charge in [-0.3, -0.25) is 4.79 Å². The Labute approximate surface area is 198 Å². The van der Waals surface area contributed by atoms with Gasteiger partial charge in [0.25, 0.3) is 5.91 Å². The smallest absolute Gasteiger partial charge is 0.341 e. The van der Waals surface area contributed by atoms with Crippen LogP contribution in [0.5, 0.6) is 17.2 Å². The molecular formula is C26H29NO7. The molecule has 8 nitrogen and oxygen atoms in total. The van der Waals surface area contributed by atoms with Crippen molar-refractivity contribution in [1.82, 2.24) is 4.90 Å². The second-order valence-corrected chi connectivity index (χ2v) is 9.78. The number of phenolic OH excluding ortho intramolecular Hbond substituents is 1. The first-order chi connectivity index (χ1) is 16.2. The fraction of sp³-hybridized carbons (Fsp3) is 0.462. The molecule has 0 spiro atoms. The summed E-state index contributed by atoms with van der Waals surface area (Å²) in [7, 11) is 0. The van der Waals surface area contributed by atoms with Crippen LogP contribution >= 0.6 is 0 Å². The zero-order valence-electron chi connectivity index (χ0n) is 19.3. The van der Waals surface area contributed by atoms with Gasteiger partial charge in [-0.2, -0.15) is 0 Å². The minimum Gasteiger partial charge on any atom is -0.508 e. The SMILES string of the molecule is CC1(C)Oc2cc(O)ccc2[C@H]2O[C@H]3CCCN(C(=O)c4cccc(OCC(=O)O)c4)[C@H]3C[C@@H]21. The lowest BCUT2D eigenvalue weighted by Gasteiger charge is -2.54. The van der Waals surface area contributed by atoms with Crippen molar-refractivity contribution in [2.75, 3.05) is 13.2 Å². The molecular weight excluding hydrogens is 438 g/mol. The maximum Gasteiger partial charge on any atom is 0.341 e. The van der Waals surface area contributed by atoms with E-state index >= 15 is 0 Å². The number of rotatable bonds is 4. The molecule has 3 heterocycles. The van der Waals surface area contributed by atoms with Crippen LogP contribution < -0.4 is 9.47 Å². The number of piperidine rings is 1. The molecule has 2 saturated heterocycles. The van der Waals surface area contributed by atoms with Crippen molar-refractivity contribution in [3.63, 3.8) is 0 Å². The van der Waals surface area contributed by atoms with Crippen molar-refractivity contribution in [2.24, 2.45) is 5.92 Å². The Morgan fingerprint density at radius 3 is 2.82 bits per heavy atom. The number of benzene rings is 2. The van der Waals surface area contributed by atoms with Gasteiger partial charge in [-0.1, -0.05) is 6.07 Å². The van der Waals surface area contributed by atoms with Gasteiger partial charge in [0.2, 0.25) is 0 Å². The van der Waals surface area contributed by atoms with E-state index in [1.807, 2.05) is 24.8 Å². The highest BCUT2D eigenvalue weighted by Crippen LogP contribution is 2.53. The highest BCUT2D eigenvalue weighted by atomic mass is 16.5. The van der Waals surface area contributed by atoms with Crippen molar-refractivity contribution >= 4 is 11.9 Å². The number of aromatic hydroxyl groups is 1. The molecule has 3 aliphatic rings. The molecule has 0 aromatic heterocycles. The summed E-state index contributed by atoms with van der Waals surface area (Å²) >= 11 is 0. The van der Waals surface area contributed by atoms with E-state index in [1.54, 1.807) is 36.4 Å². The summed E-state index contributed by atoms with van der Waals surface area (Å²) in [5.74, 6) is 0.00108. The quantitative estimate of drug-likeness (QED) is 0.705. The van der Waals surface area contributed by atoms with Crippen molar-refractivity contribution < 1.29 is 34.0 Å². The van der Waals surface area contributed by atoms with Crippen LogP contribution in [0.3, 0.4) is 0 Å². The topological polar surface area (TPSA) is 106 Å². The molecule has 1 amide bonds. The molecule has 8 heteroatoms. The molecule has 5 rings (SSSR count). The maximum atomic E-state index is 13.5. The number of nitrogens with zero attached hydrogens (tertiary/aromatic N) is 1. The zero-order chi connectivity index (χ0) is 24.0. The molecule has 0 unspecified atom stereocenters. The average molecular weight is 468 g/mol. The van der Waals surface area contributed by atoms with E-state index in [-0.39, 0.29) is 35.8 Å². The number of carbonyl (C=O) groups is 2. The summed E-state index contributed by atoms with van der Waals surface area (Å²) in [5.41, 5.74) is 0.866. The molecule has 0 radical (unpaired) electrons. The number of carboxylic acids is 1. The summed E-state index contributed by atoms with van der Waals surface area (Å²) in [5, 5.41) is 18.8. The monoisotopic (exact) mass is 467 g/mol. The van der Waals surface area contributed by atoms with Gasteiger partial charge < -0.3 is 29.3 Å². The van der Waals surface area contributed by atoms with Gasteiger partial charge in [0.15, 0.2) is 6.61 Å². The number of carboxylic acid groups (broad SMARTS) is 1. The van der Waals surface area contributed by atoms with E-state index in [2.05, 4.69) is 0 Å². The average Bonchev–Trinajstić information content (AvgIpc) is 2.80. The Morgan fingerprint density at radius 1 is 1.21 bits per heavy atom. The van der Waals surface area contributed by atoms with Crippen molar-refractivity contribution in [3.8, 4) is 17.2 Å². The number of likely N-dealkylation sites (tertiary alicyclic amines) is 1. The van der Waals surface area contributed by atoms with Gasteiger partial charge in [0, 0.05) is 29.7 Å². The van der Waals surface area contributed by atoms with E-state index in [0.717, 1.165) is 24.8 Å². The van der Waals surface area contributed by atoms with Gasteiger partial charge >= 0.3 is 5.97 Å². The zero-order valence-corrected chi connectivity index (χ0v) is 19.3. The first kappa shape index (κ1) is 22.5. The lowest BCUT2D eigenvalue weighted by molar-refractivity contribution is -0.183. The number of aliphatic carboxylic acids is 1. The molecule has 2 aromatic carbocycles. The minimum atomic E-state index is -1.07. The minimum absolute atomic E-state index is 0.0319. The fourth-order valence-electron chi connectivity index (χ4n) is 5.55. The van der Waals surface area contributed by atoms with Gasteiger partial charge in [0.1, 0.15) is 22.8 Å². The van der Waals surface area contributed by atoms with E-state index < -0.39 is 18.2 Å². The standard InChI is InChI=1S/C26H29NO7/c1-26(2)19-13-20-21(33-24(19)18-9-8-16(28)12-22(18)34-26)7-4-10-27(20)25(31)15-5-3-6-17(11-15)32-14-23(29)30/h3,5-6,8-9,11-12,19-21,24,28H,4,7,10,13-14H2,1-2H3,(H,29,30)/t19-,20-,21-,24+/m0/s1. The van der Waals surface area contributed by atoms with Gasteiger partial charge in [-0.25, -0.2) is 4.79 Å². The predicted molar refractivity (Wildman–Crippen MR) is 122 cm³/mol. The summed E-state index contributed by atoms with van der Waals surface area (Å²) < 4.78 is 18.2. The van der Waals surface area contributed by atoms with Crippen molar-refractivity contribution in [3.05, 3.63) is 53.6 Å². The first-order valence-corrected chi connectivity index (χ1v) is 11.7. The first-order valence-electron chi connectivity index (χ1n) is 11.7. The summed E-state index contributed by atoms with van der Waals surface area (Å²) in [6, 6.07) is 11.7. The molecule has 4 atom stereocenters. The Hall–Kier alpha value is -3.26. The number of fused-ring (bicyclic) bond motifs is 4. The third-order valence-electron chi connectivity index (χ3n) is 7.17. The number of hydrogen-bond acceptors (Lipinski definition) is 6. The lowest BCUT2D eigenvalue weighted by atomic mass is 9.72. The van der Waals surface area contributed by atoms with Crippen LogP contribution in [0.1, 0.15) is 55.1 Å². The van der Waals surface area contributed by atoms with Crippen molar-refractivity contribution in [2.45, 2.75) is 57.0 Å². The lowest BCUT2D eigenvalue weighted by Crippen LogP contribution is -2.60. The van der Waals surface area contributed by atoms with Gasteiger partial charge in [-0.15, -0.1) is 0 Å². The number of carbonyl (C=O) groups excluding carboxylic acids is 1. The van der Waals surface area contributed by atoms with Crippen LogP contribution in [-0.4, -0.2) is 57.9 Å². The van der Waals surface area contributed by atoms with E-state index in [1.165, 1.54) is 0 Å². The third-order valence-corrected chi connectivity index (χ3v) is 7.17. The normalized spacial score (nSPS) is 26.9. The van der Waals surface area contributed by atoms with Crippen LogP contribution in [0.2, 0.25) is 0 Å². The van der Waals surface area contributed by atoms with E-state index in [0.29, 0.717) is 23.6 Å². The molecule has 34 heavy (non-hydrogen) atoms. The number of ether oxygens (including phenoxy) is 3.